The quantitative estimate of drug-likeness (QED) is 0.352. The van der Waals surface area contributed by atoms with Crippen molar-refractivity contribution in [1.82, 2.24) is 5.32 Å². The first kappa shape index (κ1) is 31.9. The van der Waals surface area contributed by atoms with Crippen molar-refractivity contribution in [1.29, 1.82) is 0 Å². The number of carboxylic acid groups (broad SMARTS) is 1. The Kier molecular flexibility index (Phi) is 13.3. The van der Waals surface area contributed by atoms with Gasteiger partial charge in [-0.2, -0.15) is 0 Å². The standard InChI is InChI=1S/C27H43NO6.Na/c1-6-27(4,5)26(33)28-24(19-10-8-7-9-11-19)22-13-17(2)12-18(3)25(22)34-16-21(30)14-20(29)15-23(31)32;/h12-13,19-21,24,29-30H,6-11,14-16H2,1-5H3,(H,28,33)(H,31,32);/q;+1/p-1/t20-,21+,24?;/m1./s1. The smallest absolute Gasteiger partial charge is 0.550 e. The van der Waals surface area contributed by atoms with Gasteiger partial charge in [-0.05, 0) is 44.6 Å². The Balaban J connectivity index is 0.00000612. The van der Waals surface area contributed by atoms with E-state index in [4.69, 9.17) is 4.74 Å². The van der Waals surface area contributed by atoms with Crippen molar-refractivity contribution in [3.63, 3.8) is 0 Å². The molecule has 2 rings (SSSR count). The van der Waals surface area contributed by atoms with Crippen LogP contribution in [-0.2, 0) is 9.59 Å². The fraction of sp³-hybridized carbons (Fsp3) is 0.704. The first-order chi connectivity index (χ1) is 15.9. The molecule has 1 aliphatic carbocycles. The summed E-state index contributed by atoms with van der Waals surface area (Å²) >= 11 is 0. The minimum atomic E-state index is -1.36. The summed E-state index contributed by atoms with van der Waals surface area (Å²) in [5.74, 6) is -0.424. The zero-order valence-electron chi connectivity index (χ0n) is 22.4. The number of hydrogen-bond donors (Lipinski definition) is 3. The van der Waals surface area contributed by atoms with Crippen LogP contribution in [0.3, 0.4) is 0 Å². The molecule has 0 heterocycles. The average molecular weight is 500 g/mol. The Morgan fingerprint density at radius 2 is 1.77 bits per heavy atom. The van der Waals surface area contributed by atoms with Crippen LogP contribution in [0.25, 0.3) is 0 Å². The SMILES string of the molecule is CCC(C)(C)C(=O)NC(c1cc(C)cc(C)c1OC[C@@H](O)C[C@@H](O)CC(=O)[O-])C1CCCCC1.[Na+]. The average Bonchev–Trinajstić information content (AvgIpc) is 2.76. The van der Waals surface area contributed by atoms with Gasteiger partial charge in [-0.15, -0.1) is 0 Å². The molecule has 0 saturated heterocycles. The van der Waals surface area contributed by atoms with Gasteiger partial charge in [0.1, 0.15) is 12.4 Å². The van der Waals surface area contributed by atoms with Gasteiger partial charge >= 0.3 is 29.6 Å². The number of ether oxygens (including phenoxy) is 1. The summed E-state index contributed by atoms with van der Waals surface area (Å²) in [5, 5.41) is 34.2. The number of aliphatic hydroxyl groups excluding tert-OH is 2. The second kappa shape index (κ2) is 14.6. The van der Waals surface area contributed by atoms with Crippen molar-refractivity contribution in [3.05, 3.63) is 28.8 Å². The van der Waals surface area contributed by atoms with Crippen molar-refractivity contribution >= 4 is 11.9 Å². The molecule has 35 heavy (non-hydrogen) atoms. The van der Waals surface area contributed by atoms with Crippen LogP contribution in [0.2, 0.25) is 0 Å². The van der Waals surface area contributed by atoms with Crippen molar-refractivity contribution < 1.29 is 59.2 Å². The number of hydrogen-bond acceptors (Lipinski definition) is 6. The monoisotopic (exact) mass is 499 g/mol. The Bertz CT molecular complexity index is 837. The van der Waals surface area contributed by atoms with Gasteiger partial charge in [0.2, 0.25) is 5.91 Å². The second-order valence-electron chi connectivity index (χ2n) is 10.5. The minimum Gasteiger partial charge on any atom is -0.550 e. The van der Waals surface area contributed by atoms with Crippen LogP contribution in [-0.4, -0.2) is 40.9 Å². The molecule has 1 aromatic rings. The maximum atomic E-state index is 13.2. The maximum Gasteiger partial charge on any atom is 1.00 e. The fourth-order valence-electron chi connectivity index (χ4n) is 4.67. The van der Waals surface area contributed by atoms with E-state index in [2.05, 4.69) is 11.4 Å². The molecule has 3 N–H and O–H groups in total. The molecule has 1 aliphatic rings. The molecule has 0 radical (unpaired) electrons. The van der Waals surface area contributed by atoms with E-state index in [1.54, 1.807) is 0 Å². The zero-order chi connectivity index (χ0) is 25.5. The van der Waals surface area contributed by atoms with Crippen LogP contribution in [0, 0.1) is 25.2 Å². The van der Waals surface area contributed by atoms with Crippen LogP contribution in [0.15, 0.2) is 12.1 Å². The molecule has 1 unspecified atom stereocenters. The summed E-state index contributed by atoms with van der Waals surface area (Å²) in [6, 6.07) is 3.86. The van der Waals surface area contributed by atoms with Gasteiger partial charge in [0.15, 0.2) is 0 Å². The molecule has 1 aromatic carbocycles. The number of carbonyl (C=O) groups excluding carboxylic acids is 2. The number of rotatable bonds is 12. The minimum absolute atomic E-state index is 0. The fourth-order valence-corrected chi connectivity index (χ4v) is 4.67. The third-order valence-corrected chi connectivity index (χ3v) is 7.06. The molecule has 1 amide bonds. The number of carbonyl (C=O) groups is 2. The summed E-state index contributed by atoms with van der Waals surface area (Å²) < 4.78 is 6.08. The number of nitrogens with one attached hydrogen (secondary N) is 1. The second-order valence-corrected chi connectivity index (χ2v) is 10.5. The van der Waals surface area contributed by atoms with Crippen molar-refractivity contribution in [3.8, 4) is 5.75 Å². The van der Waals surface area contributed by atoms with Crippen molar-refractivity contribution in [2.24, 2.45) is 11.3 Å². The van der Waals surface area contributed by atoms with Gasteiger partial charge in [0, 0.05) is 29.8 Å². The molecule has 7 nitrogen and oxygen atoms in total. The summed E-state index contributed by atoms with van der Waals surface area (Å²) in [7, 11) is 0. The number of carboxylic acids is 1. The van der Waals surface area contributed by atoms with Gasteiger partial charge < -0.3 is 30.2 Å². The third-order valence-electron chi connectivity index (χ3n) is 7.06. The first-order valence-electron chi connectivity index (χ1n) is 12.6. The topological polar surface area (TPSA) is 119 Å². The number of amides is 1. The van der Waals surface area contributed by atoms with Gasteiger partial charge in [0.25, 0.3) is 0 Å². The van der Waals surface area contributed by atoms with Crippen LogP contribution in [0.1, 0.15) is 94.9 Å². The predicted octanol–water partition coefficient (Wildman–Crippen LogP) is 0.112. The maximum absolute atomic E-state index is 13.2. The Labute approximate surface area is 232 Å². The molecule has 192 valence electrons. The summed E-state index contributed by atoms with van der Waals surface area (Å²) in [6.45, 7) is 9.78. The number of aliphatic carboxylic acids is 1. The van der Waals surface area contributed by atoms with Crippen LogP contribution < -0.4 is 44.7 Å². The van der Waals surface area contributed by atoms with Gasteiger partial charge in [-0.3, -0.25) is 4.79 Å². The largest absolute Gasteiger partial charge is 1.00 e. The van der Waals surface area contributed by atoms with E-state index in [-0.39, 0.29) is 54.5 Å². The van der Waals surface area contributed by atoms with Crippen LogP contribution >= 0.6 is 0 Å². The number of aliphatic hydroxyl groups is 2. The Morgan fingerprint density at radius 3 is 2.34 bits per heavy atom. The predicted molar refractivity (Wildman–Crippen MR) is 129 cm³/mol. The van der Waals surface area contributed by atoms with E-state index in [0.29, 0.717) is 11.7 Å². The normalized spacial score (nSPS) is 17.1. The summed E-state index contributed by atoms with van der Waals surface area (Å²) in [4.78, 5) is 23.9. The molecule has 0 aromatic heterocycles. The van der Waals surface area contributed by atoms with E-state index in [1.165, 1.54) is 6.42 Å². The summed E-state index contributed by atoms with van der Waals surface area (Å²) in [5.41, 5.74) is 2.39. The van der Waals surface area contributed by atoms with Gasteiger partial charge in [0.05, 0.1) is 18.2 Å². The first-order valence-corrected chi connectivity index (χ1v) is 12.6. The van der Waals surface area contributed by atoms with Gasteiger partial charge in [-0.25, -0.2) is 0 Å². The Hall–Kier alpha value is -1.12. The van der Waals surface area contributed by atoms with Crippen LogP contribution in [0.5, 0.6) is 5.75 Å². The van der Waals surface area contributed by atoms with Gasteiger partial charge in [-0.1, -0.05) is 57.7 Å². The van der Waals surface area contributed by atoms with E-state index < -0.39 is 30.0 Å². The molecule has 1 fully saturated rings. The molecule has 0 aliphatic heterocycles. The molecular weight excluding hydrogens is 457 g/mol. The zero-order valence-corrected chi connectivity index (χ0v) is 24.4. The molecule has 1 saturated carbocycles. The molecule has 0 bridgehead atoms. The molecule has 3 atom stereocenters. The van der Waals surface area contributed by atoms with E-state index >= 15 is 0 Å². The third kappa shape index (κ3) is 9.69. The van der Waals surface area contributed by atoms with Crippen LogP contribution in [0.4, 0.5) is 0 Å². The molecule has 8 heteroatoms. The molecule has 0 spiro atoms. The van der Waals surface area contributed by atoms with E-state index in [0.717, 1.165) is 48.8 Å². The molecular formula is C27H42NNaO6. The van der Waals surface area contributed by atoms with Crippen molar-refractivity contribution in [2.75, 3.05) is 6.61 Å². The van der Waals surface area contributed by atoms with E-state index in [1.807, 2.05) is 40.7 Å². The summed E-state index contributed by atoms with van der Waals surface area (Å²) in [6.07, 6.45) is 3.35. The number of aryl methyl sites for hydroxylation is 2. The van der Waals surface area contributed by atoms with E-state index in [9.17, 15) is 24.9 Å². The Morgan fingerprint density at radius 1 is 1.14 bits per heavy atom. The van der Waals surface area contributed by atoms with Crippen molar-refractivity contribution in [2.45, 2.75) is 104 Å². The number of benzene rings is 1.